The molecule has 0 spiro atoms. The quantitative estimate of drug-likeness (QED) is 0.644. The fraction of sp³-hybridized carbons (Fsp3) is 0.0588. The number of hydrogen-bond donors (Lipinski definition) is 0. The maximum atomic E-state index is 3.60. The Bertz CT molecular complexity index is 670. The second-order valence-electron chi connectivity index (χ2n) is 4.54. The molecule has 0 saturated carbocycles. The molecule has 0 atom stereocenters. The minimum absolute atomic E-state index is 0.908. The van der Waals surface area contributed by atoms with E-state index in [9.17, 15) is 0 Å². The summed E-state index contributed by atoms with van der Waals surface area (Å²) >= 11 is 3.60. The van der Waals surface area contributed by atoms with Crippen molar-refractivity contribution in [3.8, 4) is 11.1 Å². The molecule has 0 aliphatic heterocycles. The van der Waals surface area contributed by atoms with Gasteiger partial charge in [-0.2, -0.15) is 0 Å². The molecule has 2 aromatic carbocycles. The lowest BCUT2D eigenvalue weighted by Gasteiger charge is -2.03. The van der Waals surface area contributed by atoms with Crippen molar-refractivity contribution >= 4 is 15.9 Å². The zero-order chi connectivity index (χ0) is 13.1. The minimum atomic E-state index is 0.908. The molecule has 0 aliphatic carbocycles. The summed E-state index contributed by atoms with van der Waals surface area (Å²) in [7, 11) is 0. The van der Waals surface area contributed by atoms with Gasteiger partial charge in [0.05, 0.1) is 0 Å². The van der Waals surface area contributed by atoms with Crippen molar-refractivity contribution in [2.45, 2.75) is 6.54 Å². The monoisotopic (exact) mass is 311 g/mol. The third-order valence-corrected chi connectivity index (χ3v) is 3.83. The van der Waals surface area contributed by atoms with Gasteiger partial charge in [0, 0.05) is 29.0 Å². The van der Waals surface area contributed by atoms with Crippen LogP contribution in [0.1, 0.15) is 5.56 Å². The van der Waals surface area contributed by atoms with Crippen molar-refractivity contribution in [3.05, 3.63) is 83.1 Å². The Morgan fingerprint density at radius 2 is 1.58 bits per heavy atom. The number of nitrogens with zero attached hydrogens (tertiary/aromatic N) is 1. The van der Waals surface area contributed by atoms with Crippen LogP contribution in [0.3, 0.4) is 0 Å². The van der Waals surface area contributed by atoms with Crippen LogP contribution in [-0.4, -0.2) is 4.57 Å². The van der Waals surface area contributed by atoms with Gasteiger partial charge in [0.1, 0.15) is 0 Å². The van der Waals surface area contributed by atoms with Crippen molar-refractivity contribution < 1.29 is 0 Å². The molecule has 0 fully saturated rings. The first-order valence-electron chi connectivity index (χ1n) is 6.27. The van der Waals surface area contributed by atoms with Crippen LogP contribution >= 0.6 is 15.9 Å². The Balaban J connectivity index is 1.86. The lowest BCUT2D eigenvalue weighted by molar-refractivity contribution is 0.807. The average molecular weight is 312 g/mol. The van der Waals surface area contributed by atoms with Gasteiger partial charge in [-0.05, 0) is 23.3 Å². The van der Waals surface area contributed by atoms with Crippen LogP contribution in [0.4, 0.5) is 0 Å². The summed E-state index contributed by atoms with van der Waals surface area (Å²) in [5.74, 6) is 0. The van der Waals surface area contributed by atoms with Crippen molar-refractivity contribution in [2.24, 2.45) is 0 Å². The van der Waals surface area contributed by atoms with Gasteiger partial charge in [-0.3, -0.25) is 0 Å². The molecule has 0 aliphatic rings. The number of aromatic nitrogens is 1. The largest absolute Gasteiger partial charge is 0.349 e. The summed E-state index contributed by atoms with van der Waals surface area (Å²) in [4.78, 5) is 0. The number of benzene rings is 2. The maximum absolute atomic E-state index is 3.60. The molecular weight excluding hydrogens is 298 g/mol. The van der Waals surface area contributed by atoms with Crippen molar-refractivity contribution in [1.82, 2.24) is 4.57 Å². The third-order valence-electron chi connectivity index (χ3n) is 3.14. The van der Waals surface area contributed by atoms with Gasteiger partial charge in [0.2, 0.25) is 0 Å². The molecule has 0 bridgehead atoms. The van der Waals surface area contributed by atoms with E-state index in [0.29, 0.717) is 0 Å². The lowest BCUT2D eigenvalue weighted by atomic mass is 10.1. The van der Waals surface area contributed by atoms with Crippen LogP contribution in [0.25, 0.3) is 11.1 Å². The highest BCUT2D eigenvalue weighted by Gasteiger charge is 2.04. The van der Waals surface area contributed by atoms with Gasteiger partial charge >= 0.3 is 0 Å². The first-order chi connectivity index (χ1) is 9.33. The molecule has 0 N–H and O–H groups in total. The average Bonchev–Trinajstić information content (AvgIpc) is 2.89. The summed E-state index contributed by atoms with van der Waals surface area (Å²) < 4.78 is 3.34. The maximum Gasteiger partial charge on any atom is 0.0470 e. The van der Waals surface area contributed by atoms with Crippen molar-refractivity contribution in [1.29, 1.82) is 0 Å². The second-order valence-corrected chi connectivity index (χ2v) is 5.39. The first kappa shape index (κ1) is 12.2. The fourth-order valence-corrected chi connectivity index (χ4v) is 2.70. The van der Waals surface area contributed by atoms with Gasteiger partial charge in [-0.25, -0.2) is 0 Å². The lowest BCUT2D eigenvalue weighted by Crippen LogP contribution is -1.95. The molecule has 3 rings (SSSR count). The van der Waals surface area contributed by atoms with Gasteiger partial charge in [0.25, 0.3) is 0 Å². The van der Waals surface area contributed by atoms with E-state index in [2.05, 4.69) is 81.4 Å². The van der Waals surface area contributed by atoms with Gasteiger partial charge < -0.3 is 4.57 Å². The highest BCUT2D eigenvalue weighted by molar-refractivity contribution is 9.10. The van der Waals surface area contributed by atoms with Crippen LogP contribution < -0.4 is 0 Å². The number of hydrogen-bond acceptors (Lipinski definition) is 0. The number of halogens is 1. The zero-order valence-corrected chi connectivity index (χ0v) is 12.0. The smallest absolute Gasteiger partial charge is 0.0470 e. The molecule has 0 amide bonds. The van der Waals surface area contributed by atoms with Gasteiger partial charge in [-0.1, -0.05) is 64.5 Å². The summed E-state index contributed by atoms with van der Waals surface area (Å²) in [6.07, 6.45) is 4.31. The topological polar surface area (TPSA) is 4.93 Å². The van der Waals surface area contributed by atoms with Gasteiger partial charge in [0.15, 0.2) is 0 Å². The van der Waals surface area contributed by atoms with E-state index in [-0.39, 0.29) is 0 Å². The first-order valence-corrected chi connectivity index (χ1v) is 7.07. The zero-order valence-electron chi connectivity index (χ0n) is 10.5. The highest BCUT2D eigenvalue weighted by atomic mass is 79.9. The molecule has 0 radical (unpaired) electrons. The SMILES string of the molecule is Brc1ccccc1-c1ccn(Cc2ccccc2)c1. The predicted octanol–water partition coefficient (Wildman–Crippen LogP) is 4.97. The Morgan fingerprint density at radius 3 is 2.37 bits per heavy atom. The number of rotatable bonds is 3. The van der Waals surface area contributed by atoms with Crippen molar-refractivity contribution in [3.63, 3.8) is 0 Å². The molecule has 19 heavy (non-hydrogen) atoms. The third kappa shape index (κ3) is 2.79. The van der Waals surface area contributed by atoms with E-state index in [1.165, 1.54) is 16.7 Å². The van der Waals surface area contributed by atoms with E-state index in [0.717, 1.165) is 11.0 Å². The van der Waals surface area contributed by atoms with E-state index >= 15 is 0 Å². The molecule has 1 aromatic heterocycles. The van der Waals surface area contributed by atoms with E-state index < -0.39 is 0 Å². The Kier molecular flexibility index (Phi) is 3.51. The minimum Gasteiger partial charge on any atom is -0.349 e. The summed E-state index contributed by atoms with van der Waals surface area (Å²) in [6, 6.07) is 21.0. The van der Waals surface area contributed by atoms with Crippen LogP contribution in [0.15, 0.2) is 77.5 Å². The van der Waals surface area contributed by atoms with Gasteiger partial charge in [-0.15, -0.1) is 0 Å². The summed E-state index contributed by atoms with van der Waals surface area (Å²) in [5.41, 5.74) is 3.79. The molecule has 3 aromatic rings. The Hall–Kier alpha value is -1.80. The molecule has 2 heteroatoms. The molecule has 1 heterocycles. The van der Waals surface area contributed by atoms with E-state index in [1.54, 1.807) is 0 Å². The molecule has 1 nitrogen and oxygen atoms in total. The van der Waals surface area contributed by atoms with E-state index in [1.807, 2.05) is 12.1 Å². The molecule has 0 saturated heterocycles. The Labute approximate surface area is 121 Å². The van der Waals surface area contributed by atoms with Crippen LogP contribution in [0.5, 0.6) is 0 Å². The standard InChI is InChI=1S/C17H14BrN/c18-17-9-5-4-8-16(17)15-10-11-19(13-15)12-14-6-2-1-3-7-14/h1-11,13H,12H2. The summed E-state index contributed by atoms with van der Waals surface area (Å²) in [5, 5.41) is 0. The molecule has 94 valence electrons. The molecule has 0 unspecified atom stereocenters. The van der Waals surface area contributed by atoms with Crippen LogP contribution in [0.2, 0.25) is 0 Å². The van der Waals surface area contributed by atoms with Crippen LogP contribution in [-0.2, 0) is 6.54 Å². The second kappa shape index (κ2) is 5.45. The normalized spacial score (nSPS) is 10.6. The van der Waals surface area contributed by atoms with E-state index in [4.69, 9.17) is 0 Å². The predicted molar refractivity (Wildman–Crippen MR) is 83.1 cm³/mol. The van der Waals surface area contributed by atoms with Crippen molar-refractivity contribution in [2.75, 3.05) is 0 Å². The molecular formula is C17H14BrN. The highest BCUT2D eigenvalue weighted by Crippen LogP contribution is 2.28. The fourth-order valence-electron chi connectivity index (χ4n) is 2.19. The Morgan fingerprint density at radius 1 is 0.842 bits per heavy atom. The van der Waals surface area contributed by atoms with Crippen LogP contribution in [0, 0.1) is 0 Å². The summed E-state index contributed by atoms with van der Waals surface area (Å²) in [6.45, 7) is 0.908.